The summed E-state index contributed by atoms with van der Waals surface area (Å²) >= 11 is 0. The fourth-order valence-electron chi connectivity index (χ4n) is 2.30. The third kappa shape index (κ3) is 3.53. The number of hydrogen-bond donors (Lipinski definition) is 2. The Kier molecular flexibility index (Phi) is 4.49. The average Bonchev–Trinajstić information content (AvgIpc) is 2.46. The van der Waals surface area contributed by atoms with Crippen molar-refractivity contribution in [2.75, 3.05) is 0 Å². The first-order valence-corrected chi connectivity index (χ1v) is 6.53. The van der Waals surface area contributed by atoms with Crippen LogP contribution in [-0.4, -0.2) is 11.8 Å². The second kappa shape index (κ2) is 6.31. The molecule has 1 saturated carbocycles. The minimum Gasteiger partial charge on any atom is -0.273 e. The summed E-state index contributed by atoms with van der Waals surface area (Å²) in [6.07, 6.45) is 4.94. The summed E-state index contributed by atoms with van der Waals surface area (Å²) in [7, 11) is 0. The Balaban J connectivity index is 1.86. The van der Waals surface area contributed by atoms with Crippen molar-refractivity contribution < 1.29 is 14.0 Å². The molecule has 2 amide bonds. The Hall–Kier alpha value is -1.91. The Labute approximate surface area is 111 Å². The van der Waals surface area contributed by atoms with Crippen LogP contribution in [-0.2, 0) is 4.79 Å². The third-order valence-electron chi connectivity index (χ3n) is 3.39. The van der Waals surface area contributed by atoms with Gasteiger partial charge in [0.15, 0.2) is 0 Å². The molecule has 1 aliphatic carbocycles. The van der Waals surface area contributed by atoms with E-state index in [1.165, 1.54) is 18.2 Å². The van der Waals surface area contributed by atoms with Gasteiger partial charge in [0.1, 0.15) is 5.82 Å². The van der Waals surface area contributed by atoms with Crippen LogP contribution in [0.15, 0.2) is 24.3 Å². The molecule has 0 heterocycles. The summed E-state index contributed by atoms with van der Waals surface area (Å²) in [5.41, 5.74) is 4.55. The zero-order valence-electron chi connectivity index (χ0n) is 10.6. The molecular weight excluding hydrogens is 247 g/mol. The van der Waals surface area contributed by atoms with E-state index < -0.39 is 11.7 Å². The molecule has 5 heteroatoms. The van der Waals surface area contributed by atoms with E-state index in [0.29, 0.717) is 0 Å². The maximum Gasteiger partial charge on any atom is 0.272 e. The van der Waals surface area contributed by atoms with Crippen molar-refractivity contribution in [1.82, 2.24) is 10.9 Å². The van der Waals surface area contributed by atoms with Gasteiger partial charge in [0.2, 0.25) is 5.91 Å². The van der Waals surface area contributed by atoms with Crippen molar-refractivity contribution in [2.24, 2.45) is 5.92 Å². The highest BCUT2D eigenvalue weighted by atomic mass is 19.1. The number of amides is 2. The summed E-state index contributed by atoms with van der Waals surface area (Å²) in [6, 6.07) is 5.66. The van der Waals surface area contributed by atoms with Gasteiger partial charge in [-0.15, -0.1) is 0 Å². The average molecular weight is 264 g/mol. The van der Waals surface area contributed by atoms with E-state index in [2.05, 4.69) is 10.9 Å². The van der Waals surface area contributed by atoms with Crippen molar-refractivity contribution in [3.8, 4) is 0 Å². The standard InChI is InChI=1S/C14H17FN2O2/c15-12-9-5-4-8-11(12)14(19)17-16-13(18)10-6-2-1-3-7-10/h4-5,8-10H,1-3,6-7H2,(H,16,18)(H,17,19). The molecule has 1 aromatic carbocycles. The number of benzene rings is 1. The van der Waals surface area contributed by atoms with Gasteiger partial charge in [0, 0.05) is 5.92 Å². The van der Waals surface area contributed by atoms with Gasteiger partial charge in [0.05, 0.1) is 5.56 Å². The molecule has 0 spiro atoms. The van der Waals surface area contributed by atoms with Crippen LogP contribution in [0.5, 0.6) is 0 Å². The van der Waals surface area contributed by atoms with Gasteiger partial charge in [-0.05, 0) is 25.0 Å². The van der Waals surface area contributed by atoms with Crippen LogP contribution in [0, 0.1) is 11.7 Å². The van der Waals surface area contributed by atoms with Gasteiger partial charge in [-0.1, -0.05) is 31.4 Å². The topological polar surface area (TPSA) is 58.2 Å². The van der Waals surface area contributed by atoms with Gasteiger partial charge < -0.3 is 0 Å². The molecule has 2 N–H and O–H groups in total. The quantitative estimate of drug-likeness (QED) is 0.804. The lowest BCUT2D eigenvalue weighted by Gasteiger charge is -2.20. The first-order chi connectivity index (χ1) is 9.18. The van der Waals surface area contributed by atoms with Crippen LogP contribution in [0.2, 0.25) is 0 Å². The van der Waals surface area contributed by atoms with E-state index in [9.17, 15) is 14.0 Å². The van der Waals surface area contributed by atoms with E-state index in [0.717, 1.165) is 32.1 Å². The molecule has 4 nitrogen and oxygen atoms in total. The van der Waals surface area contributed by atoms with E-state index in [1.807, 2.05) is 0 Å². The van der Waals surface area contributed by atoms with Crippen LogP contribution in [0.4, 0.5) is 4.39 Å². The van der Waals surface area contributed by atoms with Gasteiger partial charge in [-0.25, -0.2) is 4.39 Å². The van der Waals surface area contributed by atoms with Crippen LogP contribution in [0.1, 0.15) is 42.5 Å². The fraction of sp³-hybridized carbons (Fsp3) is 0.429. The Morgan fingerprint density at radius 2 is 1.74 bits per heavy atom. The molecule has 19 heavy (non-hydrogen) atoms. The second-order valence-electron chi connectivity index (χ2n) is 4.76. The SMILES string of the molecule is O=C(NNC(=O)C1CCCCC1)c1ccccc1F. The van der Waals surface area contributed by atoms with Gasteiger partial charge >= 0.3 is 0 Å². The summed E-state index contributed by atoms with van der Waals surface area (Å²) in [5, 5.41) is 0. The predicted octanol–water partition coefficient (Wildman–Crippen LogP) is 2.17. The van der Waals surface area contributed by atoms with Crippen molar-refractivity contribution in [2.45, 2.75) is 32.1 Å². The van der Waals surface area contributed by atoms with Crippen LogP contribution in [0.3, 0.4) is 0 Å². The molecule has 0 unspecified atom stereocenters. The smallest absolute Gasteiger partial charge is 0.272 e. The van der Waals surface area contributed by atoms with Gasteiger partial charge in [0.25, 0.3) is 5.91 Å². The largest absolute Gasteiger partial charge is 0.273 e. The molecule has 0 aromatic heterocycles. The molecule has 0 bridgehead atoms. The fourth-order valence-corrected chi connectivity index (χ4v) is 2.30. The molecule has 0 aliphatic heterocycles. The summed E-state index contributed by atoms with van der Waals surface area (Å²) in [6.45, 7) is 0. The number of halogens is 1. The number of hydrazine groups is 1. The highest BCUT2D eigenvalue weighted by Gasteiger charge is 2.21. The number of carbonyl (C=O) groups is 2. The molecule has 102 valence electrons. The van der Waals surface area contributed by atoms with E-state index in [4.69, 9.17) is 0 Å². The summed E-state index contributed by atoms with van der Waals surface area (Å²) < 4.78 is 13.3. The number of carbonyl (C=O) groups excluding carboxylic acids is 2. The Morgan fingerprint density at radius 1 is 1.05 bits per heavy atom. The monoisotopic (exact) mass is 264 g/mol. The van der Waals surface area contributed by atoms with E-state index in [1.54, 1.807) is 6.07 Å². The molecule has 2 rings (SSSR count). The highest BCUT2D eigenvalue weighted by molar-refractivity contribution is 5.95. The van der Waals surface area contributed by atoms with Crippen LogP contribution >= 0.6 is 0 Å². The Morgan fingerprint density at radius 3 is 2.42 bits per heavy atom. The van der Waals surface area contributed by atoms with E-state index >= 15 is 0 Å². The van der Waals surface area contributed by atoms with Gasteiger partial charge in [-0.3, -0.25) is 20.4 Å². The molecular formula is C14H17FN2O2. The first kappa shape index (κ1) is 13.5. The second-order valence-corrected chi connectivity index (χ2v) is 4.76. The maximum atomic E-state index is 13.3. The highest BCUT2D eigenvalue weighted by Crippen LogP contribution is 2.23. The minimum absolute atomic E-state index is 0.0466. The lowest BCUT2D eigenvalue weighted by atomic mass is 9.89. The zero-order chi connectivity index (χ0) is 13.7. The molecule has 0 radical (unpaired) electrons. The first-order valence-electron chi connectivity index (χ1n) is 6.53. The number of hydrogen-bond acceptors (Lipinski definition) is 2. The van der Waals surface area contributed by atoms with Crippen molar-refractivity contribution in [3.63, 3.8) is 0 Å². The van der Waals surface area contributed by atoms with Gasteiger partial charge in [-0.2, -0.15) is 0 Å². The molecule has 1 fully saturated rings. The zero-order valence-corrected chi connectivity index (χ0v) is 10.6. The molecule has 1 aliphatic rings. The number of nitrogens with one attached hydrogen (secondary N) is 2. The van der Waals surface area contributed by atoms with Crippen molar-refractivity contribution in [3.05, 3.63) is 35.6 Å². The lowest BCUT2D eigenvalue weighted by Crippen LogP contribution is -2.45. The van der Waals surface area contributed by atoms with E-state index in [-0.39, 0.29) is 17.4 Å². The lowest BCUT2D eigenvalue weighted by molar-refractivity contribution is -0.126. The number of rotatable bonds is 2. The van der Waals surface area contributed by atoms with Crippen molar-refractivity contribution >= 4 is 11.8 Å². The third-order valence-corrected chi connectivity index (χ3v) is 3.39. The minimum atomic E-state index is -0.637. The van der Waals surface area contributed by atoms with Crippen LogP contribution in [0.25, 0.3) is 0 Å². The Bertz CT molecular complexity index is 470. The normalized spacial score (nSPS) is 15.8. The van der Waals surface area contributed by atoms with Crippen LogP contribution < -0.4 is 10.9 Å². The summed E-state index contributed by atoms with van der Waals surface area (Å²) in [4.78, 5) is 23.5. The van der Waals surface area contributed by atoms with Crippen molar-refractivity contribution in [1.29, 1.82) is 0 Å². The molecule has 1 aromatic rings. The summed E-state index contributed by atoms with van der Waals surface area (Å²) in [5.74, 6) is -1.48. The maximum absolute atomic E-state index is 13.3. The predicted molar refractivity (Wildman–Crippen MR) is 68.6 cm³/mol. The molecule has 0 saturated heterocycles. The molecule has 0 atom stereocenters.